The van der Waals surface area contributed by atoms with Crippen molar-refractivity contribution in [2.45, 2.75) is 13.5 Å². The highest BCUT2D eigenvalue weighted by atomic mass is 16.2. The fraction of sp³-hybridized carbons (Fsp3) is 0.273. The Kier molecular flexibility index (Phi) is 5.65. The Morgan fingerprint density at radius 1 is 1.00 bits per heavy atom. The highest BCUT2D eigenvalue weighted by molar-refractivity contribution is 5.73. The molecule has 148 valence electrons. The van der Waals surface area contributed by atoms with E-state index in [-0.39, 0.29) is 5.91 Å². The lowest BCUT2D eigenvalue weighted by molar-refractivity contribution is -0.129. The summed E-state index contributed by atoms with van der Waals surface area (Å²) in [5.41, 5.74) is 2.84. The highest BCUT2D eigenvalue weighted by Gasteiger charge is 2.21. The fourth-order valence-electron chi connectivity index (χ4n) is 3.36. The van der Waals surface area contributed by atoms with E-state index in [4.69, 9.17) is 9.97 Å². The third kappa shape index (κ3) is 4.68. The molecule has 29 heavy (non-hydrogen) atoms. The van der Waals surface area contributed by atoms with Crippen molar-refractivity contribution in [3.05, 3.63) is 66.5 Å². The van der Waals surface area contributed by atoms with Gasteiger partial charge in [-0.3, -0.25) is 9.78 Å². The number of anilines is 2. The Labute approximate surface area is 170 Å². The standard InChI is InChI=1S/C22H24N6O/c1-17(29)27-11-13-28(14-12-27)21-15-20(18-7-3-2-4-8-18)25-22(26-21)24-16-19-9-5-6-10-23-19/h2-10,15H,11-14,16H2,1H3,(H,24,25,26). The van der Waals surface area contributed by atoms with Crippen LogP contribution in [0.4, 0.5) is 11.8 Å². The number of carbonyl (C=O) groups is 1. The van der Waals surface area contributed by atoms with E-state index in [0.29, 0.717) is 25.6 Å². The van der Waals surface area contributed by atoms with E-state index in [1.54, 1.807) is 13.1 Å². The molecule has 4 rings (SSSR count). The van der Waals surface area contributed by atoms with Crippen LogP contribution < -0.4 is 10.2 Å². The van der Waals surface area contributed by atoms with Gasteiger partial charge in [0.05, 0.1) is 17.9 Å². The third-order valence-electron chi connectivity index (χ3n) is 4.98. The van der Waals surface area contributed by atoms with E-state index in [1.165, 1.54) is 0 Å². The second kappa shape index (κ2) is 8.68. The molecular formula is C22H24N6O. The van der Waals surface area contributed by atoms with Gasteiger partial charge in [-0.1, -0.05) is 36.4 Å². The summed E-state index contributed by atoms with van der Waals surface area (Å²) in [6.07, 6.45) is 1.78. The largest absolute Gasteiger partial charge is 0.353 e. The Bertz CT molecular complexity index is 956. The summed E-state index contributed by atoms with van der Waals surface area (Å²) >= 11 is 0. The van der Waals surface area contributed by atoms with Gasteiger partial charge in [0.25, 0.3) is 0 Å². The minimum Gasteiger partial charge on any atom is -0.353 e. The van der Waals surface area contributed by atoms with Crippen LogP contribution in [-0.2, 0) is 11.3 Å². The molecule has 0 spiro atoms. The van der Waals surface area contributed by atoms with E-state index in [0.717, 1.165) is 35.9 Å². The molecule has 1 fully saturated rings. The molecule has 7 nitrogen and oxygen atoms in total. The maximum atomic E-state index is 11.6. The number of nitrogens with zero attached hydrogens (tertiary/aromatic N) is 5. The fourth-order valence-corrected chi connectivity index (χ4v) is 3.36. The van der Waals surface area contributed by atoms with Crippen LogP contribution in [-0.4, -0.2) is 51.9 Å². The highest BCUT2D eigenvalue weighted by Crippen LogP contribution is 2.24. The lowest BCUT2D eigenvalue weighted by atomic mass is 10.1. The van der Waals surface area contributed by atoms with Gasteiger partial charge < -0.3 is 15.1 Å². The zero-order valence-electron chi connectivity index (χ0n) is 16.5. The molecule has 1 aromatic carbocycles. The Hall–Kier alpha value is -3.48. The van der Waals surface area contributed by atoms with Gasteiger partial charge in [-0.15, -0.1) is 0 Å². The summed E-state index contributed by atoms with van der Waals surface area (Å²) in [5.74, 6) is 1.56. The van der Waals surface area contributed by atoms with Gasteiger partial charge in [0.2, 0.25) is 11.9 Å². The van der Waals surface area contributed by atoms with E-state index < -0.39 is 0 Å². The van der Waals surface area contributed by atoms with Crippen LogP contribution in [0, 0.1) is 0 Å². The van der Waals surface area contributed by atoms with E-state index in [2.05, 4.69) is 15.2 Å². The molecule has 3 heterocycles. The second-order valence-electron chi connectivity index (χ2n) is 6.97. The predicted octanol–water partition coefficient (Wildman–Crippen LogP) is 2.82. The zero-order chi connectivity index (χ0) is 20.1. The van der Waals surface area contributed by atoms with E-state index >= 15 is 0 Å². The summed E-state index contributed by atoms with van der Waals surface area (Å²) in [4.78, 5) is 29.5. The number of aromatic nitrogens is 3. The molecule has 1 amide bonds. The van der Waals surface area contributed by atoms with Gasteiger partial charge in [-0.25, -0.2) is 4.98 Å². The minimum atomic E-state index is 0.120. The smallest absolute Gasteiger partial charge is 0.225 e. The van der Waals surface area contributed by atoms with Crippen molar-refractivity contribution in [1.29, 1.82) is 0 Å². The molecule has 0 saturated carbocycles. The molecule has 0 atom stereocenters. The van der Waals surface area contributed by atoms with Crippen LogP contribution in [0.2, 0.25) is 0 Å². The Morgan fingerprint density at radius 3 is 2.45 bits per heavy atom. The number of rotatable bonds is 5. The average molecular weight is 388 g/mol. The number of benzene rings is 1. The summed E-state index contributed by atoms with van der Waals surface area (Å²) < 4.78 is 0. The summed E-state index contributed by atoms with van der Waals surface area (Å²) in [7, 11) is 0. The Balaban J connectivity index is 1.59. The molecule has 0 bridgehead atoms. The maximum absolute atomic E-state index is 11.6. The second-order valence-corrected chi connectivity index (χ2v) is 6.97. The molecule has 1 aliphatic rings. The van der Waals surface area contributed by atoms with Crippen LogP contribution in [0.1, 0.15) is 12.6 Å². The first-order valence-electron chi connectivity index (χ1n) is 9.78. The van der Waals surface area contributed by atoms with Crippen molar-refractivity contribution >= 4 is 17.7 Å². The molecule has 0 radical (unpaired) electrons. The molecule has 3 aromatic rings. The van der Waals surface area contributed by atoms with Gasteiger partial charge >= 0.3 is 0 Å². The number of pyridine rings is 1. The van der Waals surface area contributed by atoms with Gasteiger partial charge in [0.1, 0.15) is 5.82 Å². The number of nitrogens with one attached hydrogen (secondary N) is 1. The van der Waals surface area contributed by atoms with E-state index in [9.17, 15) is 4.79 Å². The van der Waals surface area contributed by atoms with Gasteiger partial charge in [-0.2, -0.15) is 4.98 Å². The van der Waals surface area contributed by atoms with Crippen LogP contribution in [0.3, 0.4) is 0 Å². The predicted molar refractivity (Wildman–Crippen MR) is 113 cm³/mol. The van der Waals surface area contributed by atoms with Gasteiger partial charge in [-0.05, 0) is 12.1 Å². The molecule has 1 N–H and O–H groups in total. The number of hydrogen-bond donors (Lipinski definition) is 1. The van der Waals surface area contributed by atoms with Crippen LogP contribution in [0.5, 0.6) is 0 Å². The lowest BCUT2D eigenvalue weighted by Crippen LogP contribution is -2.48. The van der Waals surface area contributed by atoms with Crippen LogP contribution in [0.15, 0.2) is 60.8 Å². The molecule has 0 aliphatic carbocycles. The zero-order valence-corrected chi connectivity index (χ0v) is 16.5. The van der Waals surface area contributed by atoms with Crippen molar-refractivity contribution in [3.8, 4) is 11.3 Å². The molecule has 1 saturated heterocycles. The molecule has 7 heteroatoms. The maximum Gasteiger partial charge on any atom is 0.225 e. The molecule has 1 aliphatic heterocycles. The van der Waals surface area contributed by atoms with Crippen molar-refractivity contribution < 1.29 is 4.79 Å². The Morgan fingerprint density at radius 2 is 1.76 bits per heavy atom. The lowest BCUT2D eigenvalue weighted by Gasteiger charge is -2.35. The number of hydrogen-bond acceptors (Lipinski definition) is 6. The molecule has 0 unspecified atom stereocenters. The van der Waals surface area contributed by atoms with E-state index in [1.807, 2.05) is 59.5 Å². The molecule has 2 aromatic heterocycles. The first-order valence-corrected chi connectivity index (χ1v) is 9.78. The summed E-state index contributed by atoms with van der Waals surface area (Å²) in [5, 5.41) is 3.30. The third-order valence-corrected chi connectivity index (χ3v) is 4.98. The quantitative estimate of drug-likeness (QED) is 0.725. The van der Waals surface area contributed by atoms with Crippen LogP contribution in [0.25, 0.3) is 11.3 Å². The first-order chi connectivity index (χ1) is 14.2. The average Bonchev–Trinajstić information content (AvgIpc) is 2.79. The summed E-state index contributed by atoms with van der Waals surface area (Å²) in [6, 6.07) is 17.9. The minimum absolute atomic E-state index is 0.120. The summed E-state index contributed by atoms with van der Waals surface area (Å²) in [6.45, 7) is 5.09. The van der Waals surface area contributed by atoms with Gasteiger partial charge in [0.15, 0.2) is 0 Å². The normalized spacial score (nSPS) is 14.0. The van der Waals surface area contributed by atoms with Crippen molar-refractivity contribution in [3.63, 3.8) is 0 Å². The number of carbonyl (C=O) groups excluding carboxylic acids is 1. The van der Waals surface area contributed by atoms with Crippen LogP contribution >= 0.6 is 0 Å². The SMILES string of the molecule is CC(=O)N1CCN(c2cc(-c3ccccc3)nc(NCc3ccccn3)n2)CC1. The van der Waals surface area contributed by atoms with Crippen molar-refractivity contribution in [2.24, 2.45) is 0 Å². The first kappa shape index (κ1) is 18.9. The number of amides is 1. The monoisotopic (exact) mass is 388 g/mol. The molecular weight excluding hydrogens is 364 g/mol. The van der Waals surface area contributed by atoms with Crippen molar-refractivity contribution in [2.75, 3.05) is 36.4 Å². The van der Waals surface area contributed by atoms with Gasteiger partial charge in [0, 0.05) is 50.9 Å². The topological polar surface area (TPSA) is 74.2 Å². The van der Waals surface area contributed by atoms with Crippen molar-refractivity contribution in [1.82, 2.24) is 19.9 Å². The number of piperazine rings is 1.